The lowest BCUT2D eigenvalue weighted by Crippen LogP contribution is -2.44. The van der Waals surface area contributed by atoms with E-state index >= 15 is 0 Å². The topological polar surface area (TPSA) is 64.3 Å². The molecule has 0 saturated heterocycles. The molecule has 1 aromatic carbocycles. The van der Waals surface area contributed by atoms with Crippen molar-refractivity contribution in [1.29, 1.82) is 0 Å². The van der Waals surface area contributed by atoms with E-state index in [-0.39, 0.29) is 17.9 Å². The fourth-order valence-electron chi connectivity index (χ4n) is 1.59. The van der Waals surface area contributed by atoms with Gasteiger partial charge in [0, 0.05) is 13.7 Å². The van der Waals surface area contributed by atoms with Gasteiger partial charge in [0.1, 0.15) is 0 Å². The van der Waals surface area contributed by atoms with Gasteiger partial charge in [-0.05, 0) is 12.5 Å². The van der Waals surface area contributed by atoms with Gasteiger partial charge < -0.3 is 15.8 Å². The Hall–Kier alpha value is -1.39. The Kier molecular flexibility index (Phi) is 5.66. The molecular formula is C13H20N2O2. The van der Waals surface area contributed by atoms with Gasteiger partial charge in [0.2, 0.25) is 5.91 Å². The van der Waals surface area contributed by atoms with E-state index in [4.69, 9.17) is 10.5 Å². The average Bonchev–Trinajstić information content (AvgIpc) is 2.38. The summed E-state index contributed by atoms with van der Waals surface area (Å²) in [6, 6.07) is 9.54. The zero-order chi connectivity index (χ0) is 12.7. The molecule has 1 aromatic rings. The lowest BCUT2D eigenvalue weighted by Gasteiger charge is -2.19. The van der Waals surface area contributed by atoms with E-state index in [9.17, 15) is 4.79 Å². The Morgan fingerprint density at radius 3 is 2.59 bits per heavy atom. The smallest absolute Gasteiger partial charge is 0.227 e. The summed E-state index contributed by atoms with van der Waals surface area (Å²) in [5.41, 5.74) is 6.55. The summed E-state index contributed by atoms with van der Waals surface area (Å²) >= 11 is 0. The monoisotopic (exact) mass is 236 g/mol. The fraction of sp³-hybridized carbons (Fsp3) is 0.462. The number of hydrogen-bond acceptors (Lipinski definition) is 3. The van der Waals surface area contributed by atoms with Crippen molar-refractivity contribution in [1.82, 2.24) is 5.32 Å². The number of rotatable bonds is 6. The summed E-state index contributed by atoms with van der Waals surface area (Å²) in [5, 5.41) is 2.88. The molecule has 0 saturated carbocycles. The van der Waals surface area contributed by atoms with E-state index in [2.05, 4.69) is 5.32 Å². The van der Waals surface area contributed by atoms with Crippen LogP contribution in [-0.4, -0.2) is 32.2 Å². The summed E-state index contributed by atoms with van der Waals surface area (Å²) in [6.45, 7) is 2.69. The van der Waals surface area contributed by atoms with E-state index in [1.807, 2.05) is 37.3 Å². The lowest BCUT2D eigenvalue weighted by atomic mass is 10.0. The third-order valence-electron chi connectivity index (χ3n) is 2.69. The molecule has 2 atom stereocenters. The van der Waals surface area contributed by atoms with Crippen molar-refractivity contribution in [2.45, 2.75) is 18.9 Å². The summed E-state index contributed by atoms with van der Waals surface area (Å²) in [6.07, 6.45) is 0. The van der Waals surface area contributed by atoms with Crippen molar-refractivity contribution in [2.24, 2.45) is 5.73 Å². The second kappa shape index (κ2) is 7.04. The Morgan fingerprint density at radius 1 is 1.41 bits per heavy atom. The van der Waals surface area contributed by atoms with Crippen LogP contribution in [0.15, 0.2) is 30.3 Å². The first kappa shape index (κ1) is 13.7. The molecule has 0 bridgehead atoms. The minimum absolute atomic E-state index is 0.0244. The maximum absolute atomic E-state index is 12.0. The first-order valence-corrected chi connectivity index (χ1v) is 5.73. The molecule has 0 aliphatic carbocycles. The molecule has 1 amide bonds. The highest BCUT2D eigenvalue weighted by molar-refractivity contribution is 5.83. The molecule has 0 heterocycles. The zero-order valence-electron chi connectivity index (χ0n) is 10.3. The highest BCUT2D eigenvalue weighted by Crippen LogP contribution is 2.14. The lowest BCUT2D eigenvalue weighted by molar-refractivity contribution is -0.123. The molecule has 0 aromatic heterocycles. The maximum Gasteiger partial charge on any atom is 0.227 e. The van der Waals surface area contributed by atoms with E-state index < -0.39 is 0 Å². The van der Waals surface area contributed by atoms with Crippen LogP contribution in [0.3, 0.4) is 0 Å². The molecule has 0 aliphatic rings. The second-order valence-corrected chi connectivity index (χ2v) is 4.03. The molecule has 4 heteroatoms. The molecule has 0 radical (unpaired) electrons. The van der Waals surface area contributed by atoms with Crippen LogP contribution in [0.5, 0.6) is 0 Å². The molecule has 94 valence electrons. The molecular weight excluding hydrogens is 216 g/mol. The number of carbonyl (C=O) groups is 1. The van der Waals surface area contributed by atoms with Crippen molar-refractivity contribution < 1.29 is 9.53 Å². The molecule has 3 N–H and O–H groups in total. The Balaban J connectivity index is 2.58. The molecule has 4 nitrogen and oxygen atoms in total. The predicted molar refractivity (Wildman–Crippen MR) is 67.7 cm³/mol. The van der Waals surface area contributed by atoms with Crippen LogP contribution in [0, 0.1) is 0 Å². The van der Waals surface area contributed by atoms with Crippen LogP contribution >= 0.6 is 0 Å². The normalized spacial score (nSPS) is 14.1. The van der Waals surface area contributed by atoms with Crippen LogP contribution in [0.1, 0.15) is 18.4 Å². The minimum atomic E-state index is -0.179. The van der Waals surface area contributed by atoms with Crippen molar-refractivity contribution in [3.05, 3.63) is 35.9 Å². The average molecular weight is 236 g/mol. The highest BCUT2D eigenvalue weighted by atomic mass is 16.5. The molecule has 2 unspecified atom stereocenters. The number of carbonyl (C=O) groups excluding carboxylic acids is 1. The van der Waals surface area contributed by atoms with Gasteiger partial charge in [0.05, 0.1) is 18.6 Å². The number of nitrogens with one attached hydrogen (secondary N) is 1. The number of benzene rings is 1. The van der Waals surface area contributed by atoms with E-state index in [1.54, 1.807) is 7.11 Å². The molecule has 17 heavy (non-hydrogen) atoms. The van der Waals surface area contributed by atoms with Crippen LogP contribution in [0.2, 0.25) is 0 Å². The van der Waals surface area contributed by atoms with Gasteiger partial charge in [0.25, 0.3) is 0 Å². The fourth-order valence-corrected chi connectivity index (χ4v) is 1.59. The van der Waals surface area contributed by atoms with Gasteiger partial charge >= 0.3 is 0 Å². The number of ether oxygens (including phenoxy) is 1. The first-order chi connectivity index (χ1) is 8.19. The van der Waals surface area contributed by atoms with Gasteiger partial charge in [-0.3, -0.25) is 4.79 Å². The number of amides is 1. The standard InChI is InChI=1S/C13H20N2O2/c1-10(11-6-4-3-5-7-11)13(16)15-12(8-14)9-17-2/h3-7,10,12H,8-9,14H2,1-2H3,(H,15,16). The summed E-state index contributed by atoms with van der Waals surface area (Å²) in [4.78, 5) is 12.0. The molecule has 1 rings (SSSR count). The Morgan fingerprint density at radius 2 is 2.06 bits per heavy atom. The van der Waals surface area contributed by atoms with Crippen LogP contribution in [-0.2, 0) is 9.53 Å². The van der Waals surface area contributed by atoms with Crippen molar-refractivity contribution in [3.8, 4) is 0 Å². The molecule has 0 aliphatic heterocycles. The Bertz CT molecular complexity index is 341. The third kappa shape index (κ3) is 4.17. The molecule has 0 spiro atoms. The summed E-state index contributed by atoms with van der Waals surface area (Å²) in [7, 11) is 1.59. The number of hydrogen-bond donors (Lipinski definition) is 2. The quantitative estimate of drug-likeness (QED) is 0.770. The van der Waals surface area contributed by atoms with Crippen LogP contribution in [0.4, 0.5) is 0 Å². The molecule has 0 fully saturated rings. The zero-order valence-corrected chi connectivity index (χ0v) is 10.3. The minimum Gasteiger partial charge on any atom is -0.383 e. The SMILES string of the molecule is COCC(CN)NC(=O)C(C)c1ccccc1. The van der Waals surface area contributed by atoms with Gasteiger partial charge in [-0.25, -0.2) is 0 Å². The van der Waals surface area contributed by atoms with E-state index in [1.165, 1.54) is 0 Å². The van der Waals surface area contributed by atoms with Crippen molar-refractivity contribution >= 4 is 5.91 Å². The van der Waals surface area contributed by atoms with Gasteiger partial charge in [-0.2, -0.15) is 0 Å². The largest absolute Gasteiger partial charge is 0.383 e. The van der Waals surface area contributed by atoms with Crippen molar-refractivity contribution in [3.63, 3.8) is 0 Å². The second-order valence-electron chi connectivity index (χ2n) is 4.03. The predicted octanol–water partition coefficient (Wildman–Crippen LogP) is 0.880. The van der Waals surface area contributed by atoms with Gasteiger partial charge in [0.15, 0.2) is 0 Å². The highest BCUT2D eigenvalue weighted by Gasteiger charge is 2.17. The van der Waals surface area contributed by atoms with Crippen molar-refractivity contribution in [2.75, 3.05) is 20.3 Å². The van der Waals surface area contributed by atoms with Crippen LogP contribution in [0.25, 0.3) is 0 Å². The van der Waals surface area contributed by atoms with Gasteiger partial charge in [-0.15, -0.1) is 0 Å². The van der Waals surface area contributed by atoms with E-state index in [0.717, 1.165) is 5.56 Å². The maximum atomic E-state index is 12.0. The third-order valence-corrected chi connectivity index (χ3v) is 2.69. The van der Waals surface area contributed by atoms with E-state index in [0.29, 0.717) is 13.2 Å². The number of methoxy groups -OCH3 is 1. The Labute approximate surface area is 102 Å². The van der Waals surface area contributed by atoms with Gasteiger partial charge in [-0.1, -0.05) is 30.3 Å². The summed E-state index contributed by atoms with van der Waals surface area (Å²) < 4.78 is 4.99. The van der Waals surface area contributed by atoms with Crippen LogP contribution < -0.4 is 11.1 Å². The first-order valence-electron chi connectivity index (χ1n) is 5.73. The summed E-state index contributed by atoms with van der Waals surface area (Å²) in [5.74, 6) is -0.203. The number of nitrogens with two attached hydrogens (primary N) is 1.